The molecular weight excluding hydrogens is 580 g/mol. The van der Waals surface area contributed by atoms with Crippen LogP contribution in [-0.4, -0.2) is 11.3 Å². The molecule has 0 fully saturated rings. The van der Waals surface area contributed by atoms with Gasteiger partial charge < -0.3 is 0 Å². The molecule has 0 saturated heterocycles. The van der Waals surface area contributed by atoms with Crippen LogP contribution in [0.15, 0.2) is 112 Å². The molecular formula is C30H18BF2IN2O. The maximum absolute atomic E-state index is 15.5. The Balaban J connectivity index is 1.44. The van der Waals surface area contributed by atoms with Gasteiger partial charge >= 0.3 is 218 Å². The van der Waals surface area contributed by atoms with E-state index in [-0.39, 0.29) is 10.3 Å². The molecule has 2 aliphatic rings. The predicted octanol–water partition coefficient (Wildman–Crippen LogP) is 7.22. The number of ether oxygens (including phenoxy) is 1. The van der Waals surface area contributed by atoms with Crippen molar-refractivity contribution in [2.45, 2.75) is 0 Å². The molecule has 37 heavy (non-hydrogen) atoms. The van der Waals surface area contributed by atoms with Crippen molar-refractivity contribution in [1.82, 2.24) is 4.57 Å². The molecule has 5 aromatic carbocycles. The topological polar surface area (TPSA) is 26.5 Å². The van der Waals surface area contributed by atoms with Gasteiger partial charge in [0.25, 0.3) is 0 Å². The zero-order chi connectivity index (χ0) is 24.7. The Bertz CT molecular complexity index is 1960. The van der Waals surface area contributed by atoms with Crippen molar-refractivity contribution in [3.63, 3.8) is 0 Å². The van der Waals surface area contributed by atoms with Crippen LogP contribution < -0.4 is 21.1 Å². The fourth-order valence-electron chi connectivity index (χ4n) is 5.86. The number of hydrogen-bond donors (Lipinski definition) is 0. The number of aromatic nitrogens is 1. The first-order chi connectivity index (χ1) is 18.1. The van der Waals surface area contributed by atoms with E-state index >= 15 is 5.72 Å². The van der Waals surface area contributed by atoms with E-state index in [9.17, 15) is 0 Å². The van der Waals surface area contributed by atoms with Crippen LogP contribution in [-0.2, 0) is 0 Å². The summed E-state index contributed by atoms with van der Waals surface area (Å²) in [5.74, 6) is 1.70. The van der Waals surface area contributed by atoms with Crippen molar-refractivity contribution in [3.8, 4) is 17.2 Å². The molecule has 0 amide bonds. The number of fused-ring (bicyclic) bond motifs is 7. The minimum absolute atomic E-state index is 0.0165. The van der Waals surface area contributed by atoms with Gasteiger partial charge in [0.1, 0.15) is 0 Å². The number of rotatable bonds is 2. The van der Waals surface area contributed by atoms with Gasteiger partial charge in [-0.2, -0.15) is 0 Å². The summed E-state index contributed by atoms with van der Waals surface area (Å²) in [5.41, 5.74) is 6.73. The molecule has 2 aliphatic heterocycles. The van der Waals surface area contributed by atoms with Crippen LogP contribution >= 0.6 is 19.4 Å². The minimum atomic E-state index is -5.57. The predicted molar refractivity (Wildman–Crippen MR) is 155 cm³/mol. The van der Waals surface area contributed by atoms with E-state index < -0.39 is 19.4 Å². The average Bonchev–Trinajstić information content (AvgIpc) is 3.26. The third-order valence-corrected chi connectivity index (χ3v) is 10.7. The van der Waals surface area contributed by atoms with Crippen LogP contribution in [0.4, 0.5) is 11.4 Å². The standard InChI is InChI=1S/C30H18BF2IN2O/c32-34(33,35-20-8-2-1-3-9-20)19-16-17-25-22(18-19)21-10-6-12-24-30(21)36(25)26-13-7-15-28-29(26)31(24)23-11-4-5-14-27(23)37-28/h1-18H. The monoisotopic (exact) mass is 598 g/mol. The van der Waals surface area contributed by atoms with Gasteiger partial charge in [-0.05, 0) is 0 Å². The molecule has 0 bridgehead atoms. The van der Waals surface area contributed by atoms with E-state index in [0.29, 0.717) is 5.69 Å². The van der Waals surface area contributed by atoms with E-state index in [1.165, 1.54) is 0 Å². The summed E-state index contributed by atoms with van der Waals surface area (Å²) < 4.78 is 43.6. The van der Waals surface area contributed by atoms with Crippen LogP contribution in [0.3, 0.4) is 0 Å². The third kappa shape index (κ3) is 2.97. The first-order valence-electron chi connectivity index (χ1n) is 12.0. The Morgan fingerprint density at radius 1 is 0.703 bits per heavy atom. The van der Waals surface area contributed by atoms with Gasteiger partial charge in [-0.3, -0.25) is 0 Å². The second-order valence-electron chi connectivity index (χ2n) is 9.33. The van der Waals surface area contributed by atoms with Gasteiger partial charge in [0.05, 0.1) is 0 Å². The van der Waals surface area contributed by atoms with Crippen molar-refractivity contribution < 1.29 is 10.5 Å². The van der Waals surface area contributed by atoms with Crippen LogP contribution in [0.25, 0.3) is 27.5 Å². The molecule has 0 atom stereocenters. The fraction of sp³-hybridized carbons (Fsp3) is 0. The normalized spacial score (nSPS) is 13.7. The third-order valence-electron chi connectivity index (χ3n) is 7.34. The summed E-state index contributed by atoms with van der Waals surface area (Å²) in [5, 5.41) is 1.80. The second kappa shape index (κ2) is 7.58. The molecule has 1 aromatic heterocycles. The van der Waals surface area contributed by atoms with Crippen LogP contribution in [0.1, 0.15) is 0 Å². The summed E-state index contributed by atoms with van der Waals surface area (Å²) >= 11 is -5.57. The molecule has 8 rings (SSSR count). The van der Waals surface area contributed by atoms with Gasteiger partial charge in [0.15, 0.2) is 0 Å². The number of nitrogens with zero attached hydrogens (tertiary/aromatic N) is 2. The average molecular weight is 598 g/mol. The summed E-state index contributed by atoms with van der Waals surface area (Å²) in [6.07, 6.45) is 0. The van der Waals surface area contributed by atoms with E-state index in [0.717, 1.165) is 55.4 Å². The van der Waals surface area contributed by atoms with Gasteiger partial charge in [0.2, 0.25) is 0 Å². The number of benzene rings is 5. The maximum atomic E-state index is 15.5. The Morgan fingerprint density at radius 3 is 2.35 bits per heavy atom. The Hall–Kier alpha value is -3.85. The Labute approximate surface area is 217 Å². The van der Waals surface area contributed by atoms with E-state index in [1.807, 2.05) is 48.5 Å². The van der Waals surface area contributed by atoms with Crippen molar-refractivity contribution in [3.05, 3.63) is 113 Å². The summed E-state index contributed by atoms with van der Waals surface area (Å²) in [4.78, 5) is 0. The Kier molecular flexibility index (Phi) is 4.36. The van der Waals surface area contributed by atoms with Crippen LogP contribution in [0, 0.1) is 3.57 Å². The first kappa shape index (κ1) is 21.3. The van der Waals surface area contributed by atoms with Crippen LogP contribution in [0.2, 0.25) is 0 Å². The zero-order valence-corrected chi connectivity index (χ0v) is 21.6. The van der Waals surface area contributed by atoms with E-state index in [2.05, 4.69) is 25.9 Å². The summed E-state index contributed by atoms with van der Waals surface area (Å²) in [6, 6.07) is 34.1. The van der Waals surface area contributed by atoms with Gasteiger partial charge in [-0.15, -0.1) is 0 Å². The summed E-state index contributed by atoms with van der Waals surface area (Å²) in [6.45, 7) is 0.0165. The van der Waals surface area contributed by atoms with Crippen molar-refractivity contribution >= 4 is 70.0 Å². The molecule has 0 N–H and O–H groups in total. The molecule has 6 aromatic rings. The van der Waals surface area contributed by atoms with E-state index in [4.69, 9.17) is 4.74 Å². The molecule has 0 unspecified atom stereocenters. The first-order valence-corrected chi connectivity index (χ1v) is 15.7. The van der Waals surface area contributed by atoms with Crippen molar-refractivity contribution in [1.29, 1.82) is 0 Å². The summed E-state index contributed by atoms with van der Waals surface area (Å²) in [7, 11) is 0. The molecule has 3 heterocycles. The molecule has 0 radical (unpaired) electrons. The Morgan fingerprint density at radius 2 is 1.46 bits per heavy atom. The van der Waals surface area contributed by atoms with Gasteiger partial charge in [-0.25, -0.2) is 0 Å². The van der Waals surface area contributed by atoms with Crippen LogP contribution in [0.5, 0.6) is 11.5 Å². The van der Waals surface area contributed by atoms with Crippen molar-refractivity contribution in [2.75, 3.05) is 0 Å². The van der Waals surface area contributed by atoms with Gasteiger partial charge in [-0.1, -0.05) is 0 Å². The second-order valence-corrected chi connectivity index (χ2v) is 13.4. The van der Waals surface area contributed by atoms with E-state index in [1.54, 1.807) is 42.5 Å². The number of halogens is 3. The SMILES string of the molecule is FI(F)(=Nc1ccccc1)c1ccc2c(c1)c1cccc3c1n2-c1cccc2c1B3c1ccccc1O2. The molecule has 0 aliphatic carbocycles. The number of para-hydroxylation sites is 2. The molecule has 3 nitrogen and oxygen atoms in total. The molecule has 7 heteroatoms. The molecule has 0 saturated carbocycles. The molecule has 178 valence electrons. The fourth-order valence-corrected chi connectivity index (χ4v) is 8.46. The quantitative estimate of drug-likeness (QED) is 0.153. The number of hydrogen-bond acceptors (Lipinski definition) is 2. The zero-order valence-electron chi connectivity index (χ0n) is 19.4. The van der Waals surface area contributed by atoms with Crippen molar-refractivity contribution in [2.24, 2.45) is 3.15 Å². The molecule has 0 spiro atoms. The van der Waals surface area contributed by atoms with Gasteiger partial charge in [0, 0.05) is 0 Å².